The van der Waals surface area contributed by atoms with Crippen LogP contribution in [0.2, 0.25) is 5.02 Å². The predicted octanol–water partition coefficient (Wildman–Crippen LogP) is 2.43. The van der Waals surface area contributed by atoms with Crippen LogP contribution in [-0.2, 0) is 9.63 Å². The van der Waals surface area contributed by atoms with Crippen LogP contribution in [0.25, 0.3) is 0 Å². The molecule has 1 aliphatic rings. The number of carbonyl (C=O) groups is 1. The average molecular weight is 269 g/mol. The highest BCUT2D eigenvalue weighted by molar-refractivity contribution is 6.31. The van der Waals surface area contributed by atoms with Gasteiger partial charge >= 0.3 is 0 Å². The first-order valence-electron chi connectivity index (χ1n) is 5.44. The lowest BCUT2D eigenvalue weighted by Crippen LogP contribution is -2.31. The van der Waals surface area contributed by atoms with Crippen LogP contribution < -0.4 is 9.64 Å². The van der Waals surface area contributed by atoms with Crippen molar-refractivity contribution in [2.45, 2.75) is 19.6 Å². The van der Waals surface area contributed by atoms with E-state index in [9.17, 15) is 4.79 Å². The van der Waals surface area contributed by atoms with Gasteiger partial charge in [-0.05, 0) is 25.1 Å². The van der Waals surface area contributed by atoms with E-state index >= 15 is 0 Å². The van der Waals surface area contributed by atoms with E-state index in [1.807, 2.05) is 18.9 Å². The van der Waals surface area contributed by atoms with E-state index in [4.69, 9.17) is 21.2 Å². The molecule has 18 heavy (non-hydrogen) atoms. The Kier molecular flexibility index (Phi) is 3.72. The second kappa shape index (κ2) is 5.27. The van der Waals surface area contributed by atoms with Crippen LogP contribution in [0.15, 0.2) is 23.4 Å². The second-order valence-electron chi connectivity index (χ2n) is 4.03. The first-order chi connectivity index (χ1) is 8.61. The van der Waals surface area contributed by atoms with Crippen LogP contribution in [-0.4, -0.2) is 25.5 Å². The number of carbonyl (C=O) groups excluding carboxylic acids is 1. The van der Waals surface area contributed by atoms with Gasteiger partial charge < -0.3 is 14.5 Å². The number of rotatable bonds is 4. The Morgan fingerprint density at radius 2 is 2.39 bits per heavy atom. The molecule has 0 aliphatic carbocycles. The van der Waals surface area contributed by atoms with Crippen LogP contribution in [0.3, 0.4) is 0 Å². The lowest BCUT2D eigenvalue weighted by molar-refractivity contribution is -0.120. The molecule has 1 heterocycles. The van der Waals surface area contributed by atoms with Crippen LogP contribution in [0, 0.1) is 0 Å². The summed E-state index contributed by atoms with van der Waals surface area (Å²) in [6, 6.07) is 5.03. The fourth-order valence-electron chi connectivity index (χ4n) is 1.76. The van der Waals surface area contributed by atoms with Crippen LogP contribution in [0.1, 0.15) is 13.3 Å². The summed E-state index contributed by atoms with van der Waals surface area (Å²) in [7, 11) is 1.84. The smallest absolute Gasteiger partial charge is 0.298 e. The van der Waals surface area contributed by atoms with Crippen molar-refractivity contribution in [1.29, 1.82) is 0 Å². The molecular formula is C12H13ClN2O3. The largest absolute Gasteiger partial charge is 0.427 e. The number of benzene rings is 1. The maximum absolute atomic E-state index is 10.5. The van der Waals surface area contributed by atoms with Crippen molar-refractivity contribution in [3.8, 4) is 5.75 Å². The molecule has 6 heteroatoms. The fourth-order valence-corrected chi connectivity index (χ4v) is 1.92. The quantitative estimate of drug-likeness (QED) is 0.787. The van der Waals surface area contributed by atoms with Gasteiger partial charge in [-0.15, -0.1) is 0 Å². The number of nitrogens with zero attached hydrogens (tertiary/aromatic N) is 2. The molecule has 0 fully saturated rings. The maximum atomic E-state index is 10.5. The zero-order valence-corrected chi connectivity index (χ0v) is 10.8. The predicted molar refractivity (Wildman–Crippen MR) is 69.1 cm³/mol. The Labute approximate surface area is 110 Å². The zero-order valence-electron chi connectivity index (χ0n) is 10.1. The minimum Gasteiger partial charge on any atom is -0.427 e. The van der Waals surface area contributed by atoms with Crippen molar-refractivity contribution in [3.63, 3.8) is 0 Å². The molecule has 0 radical (unpaired) electrons. The van der Waals surface area contributed by atoms with Crippen molar-refractivity contribution in [1.82, 2.24) is 0 Å². The van der Waals surface area contributed by atoms with Crippen LogP contribution in [0.5, 0.6) is 5.75 Å². The van der Waals surface area contributed by atoms with Crippen LogP contribution in [0.4, 0.5) is 5.69 Å². The highest BCUT2D eigenvalue weighted by atomic mass is 35.5. The minimum absolute atomic E-state index is 0.211. The van der Waals surface area contributed by atoms with E-state index in [0.29, 0.717) is 29.4 Å². The molecule has 0 aromatic heterocycles. The van der Waals surface area contributed by atoms with E-state index in [0.717, 1.165) is 5.71 Å². The third-order valence-electron chi connectivity index (χ3n) is 2.71. The summed E-state index contributed by atoms with van der Waals surface area (Å²) in [6.07, 6.45) is 0.487. The standard InChI is InChI=1S/C12H13ClN2O3/c1-8-5-12(18-14-8)15(2)10-6-9(13)3-4-11(10)17-7-16/h3-4,6-7,12H,5H2,1-2H3. The minimum atomic E-state index is -0.211. The Morgan fingerprint density at radius 1 is 1.61 bits per heavy atom. The number of hydrogen-bond acceptors (Lipinski definition) is 5. The van der Waals surface area contributed by atoms with Gasteiger partial charge in [-0.3, -0.25) is 4.79 Å². The molecule has 0 saturated carbocycles. The summed E-state index contributed by atoms with van der Waals surface area (Å²) < 4.78 is 4.93. The monoisotopic (exact) mass is 268 g/mol. The number of anilines is 1. The normalized spacial score (nSPS) is 17.9. The molecule has 0 N–H and O–H groups in total. The number of halogens is 1. The highest BCUT2D eigenvalue weighted by Crippen LogP contribution is 2.33. The van der Waals surface area contributed by atoms with E-state index in [-0.39, 0.29) is 6.23 Å². The van der Waals surface area contributed by atoms with E-state index in [1.54, 1.807) is 18.2 Å². The Morgan fingerprint density at radius 3 is 3.00 bits per heavy atom. The summed E-state index contributed by atoms with van der Waals surface area (Å²) >= 11 is 5.96. The molecule has 1 aromatic carbocycles. The lowest BCUT2D eigenvalue weighted by Gasteiger charge is -2.25. The van der Waals surface area contributed by atoms with Crippen molar-refractivity contribution in [2.24, 2.45) is 5.16 Å². The fraction of sp³-hybridized carbons (Fsp3) is 0.333. The number of ether oxygens (including phenoxy) is 1. The molecule has 0 amide bonds. The SMILES string of the molecule is CC1=NOC(N(C)c2cc(Cl)ccc2OC=O)C1. The summed E-state index contributed by atoms with van der Waals surface area (Å²) in [5.41, 5.74) is 1.61. The third kappa shape index (κ3) is 2.56. The summed E-state index contributed by atoms with van der Waals surface area (Å²) in [4.78, 5) is 17.6. The molecule has 1 aliphatic heterocycles. The number of hydrogen-bond donors (Lipinski definition) is 0. The summed E-state index contributed by atoms with van der Waals surface area (Å²) in [5.74, 6) is 0.435. The maximum Gasteiger partial charge on any atom is 0.298 e. The molecule has 0 bridgehead atoms. The first kappa shape index (κ1) is 12.7. The van der Waals surface area contributed by atoms with E-state index < -0.39 is 0 Å². The van der Waals surface area contributed by atoms with Crippen molar-refractivity contribution in [2.75, 3.05) is 11.9 Å². The zero-order chi connectivity index (χ0) is 13.1. The molecule has 96 valence electrons. The van der Waals surface area contributed by atoms with Crippen LogP contribution >= 0.6 is 11.6 Å². The van der Waals surface area contributed by atoms with Gasteiger partial charge in [0.15, 0.2) is 5.75 Å². The van der Waals surface area contributed by atoms with Gasteiger partial charge in [-0.25, -0.2) is 0 Å². The summed E-state index contributed by atoms with van der Waals surface area (Å²) in [6.45, 7) is 2.28. The highest BCUT2D eigenvalue weighted by Gasteiger charge is 2.25. The molecule has 0 saturated heterocycles. The van der Waals surface area contributed by atoms with Gasteiger partial charge in [0, 0.05) is 18.5 Å². The van der Waals surface area contributed by atoms with Crippen molar-refractivity contribution >= 4 is 29.5 Å². The van der Waals surface area contributed by atoms with Gasteiger partial charge in [0.1, 0.15) is 0 Å². The molecule has 1 atom stereocenters. The third-order valence-corrected chi connectivity index (χ3v) is 2.94. The number of oxime groups is 1. The Balaban J connectivity index is 2.25. The molecular weight excluding hydrogens is 256 g/mol. The van der Waals surface area contributed by atoms with Gasteiger partial charge in [0.25, 0.3) is 6.47 Å². The van der Waals surface area contributed by atoms with Gasteiger partial charge in [0.2, 0.25) is 6.23 Å². The molecule has 1 unspecified atom stereocenters. The Bertz CT molecular complexity index is 490. The van der Waals surface area contributed by atoms with Crippen molar-refractivity contribution < 1.29 is 14.4 Å². The average Bonchev–Trinajstić information content (AvgIpc) is 2.77. The van der Waals surface area contributed by atoms with Gasteiger partial charge in [-0.2, -0.15) is 0 Å². The molecule has 5 nitrogen and oxygen atoms in total. The lowest BCUT2D eigenvalue weighted by atomic mass is 10.2. The van der Waals surface area contributed by atoms with Gasteiger partial charge in [-0.1, -0.05) is 16.8 Å². The topological polar surface area (TPSA) is 51.1 Å². The Hall–Kier alpha value is -1.75. The van der Waals surface area contributed by atoms with E-state index in [1.165, 1.54) is 0 Å². The molecule has 0 spiro atoms. The molecule has 1 aromatic rings. The van der Waals surface area contributed by atoms with Gasteiger partial charge in [0.05, 0.1) is 11.4 Å². The van der Waals surface area contributed by atoms with Crippen molar-refractivity contribution in [3.05, 3.63) is 23.2 Å². The second-order valence-corrected chi connectivity index (χ2v) is 4.46. The van der Waals surface area contributed by atoms with E-state index in [2.05, 4.69) is 5.16 Å². The summed E-state index contributed by atoms with van der Waals surface area (Å²) in [5, 5.41) is 4.45. The first-order valence-corrected chi connectivity index (χ1v) is 5.81. The molecule has 2 rings (SSSR count).